The number of benzene rings is 2. The van der Waals surface area contributed by atoms with E-state index in [1.165, 1.54) is 12.1 Å². The predicted octanol–water partition coefficient (Wildman–Crippen LogP) is 5.60. The molecule has 2 aliphatic rings. The molecule has 3 aromatic rings. The molecule has 11 heteroatoms. The first-order valence-corrected chi connectivity index (χ1v) is 14.6. The number of carbonyl (C=O) groups excluding carboxylic acids is 1. The summed E-state index contributed by atoms with van der Waals surface area (Å²) in [6, 6.07) is 7.67. The molecular formula is C32H36ClFN6O3. The molecule has 1 fully saturated rings. The lowest BCUT2D eigenvalue weighted by molar-refractivity contribution is -0.129. The van der Waals surface area contributed by atoms with Crippen LogP contribution in [0.15, 0.2) is 49.2 Å². The summed E-state index contributed by atoms with van der Waals surface area (Å²) in [5.41, 5.74) is 2.30. The molecule has 1 aromatic heterocycles. The summed E-state index contributed by atoms with van der Waals surface area (Å²) in [6.07, 6.45) is 2.52. The van der Waals surface area contributed by atoms with Crippen molar-refractivity contribution in [2.24, 2.45) is 0 Å². The number of fused-ring (bicyclic) bond motifs is 2. The number of halogens is 2. The Kier molecular flexibility index (Phi) is 8.36. The number of aryl methyl sites for hydroxylation is 1. The fraction of sp³-hybridized carbons (Fsp3) is 0.344. The number of piperazine rings is 1. The van der Waals surface area contributed by atoms with Crippen LogP contribution in [0.1, 0.15) is 43.2 Å². The molecule has 4 N–H and O–H groups in total. The van der Waals surface area contributed by atoms with Crippen molar-refractivity contribution in [3.05, 3.63) is 76.8 Å². The summed E-state index contributed by atoms with van der Waals surface area (Å²) >= 11 is 7.06. The molecule has 3 heterocycles. The second-order valence-corrected chi connectivity index (χ2v) is 11.6. The number of amidine groups is 1. The van der Waals surface area contributed by atoms with Gasteiger partial charge in [0.25, 0.3) is 0 Å². The van der Waals surface area contributed by atoms with E-state index in [0.717, 1.165) is 0 Å². The third-order valence-corrected chi connectivity index (χ3v) is 8.67. The number of nitrogens with one attached hydrogen (secondary N) is 2. The zero-order valence-electron chi connectivity index (χ0n) is 24.7. The van der Waals surface area contributed by atoms with Gasteiger partial charge in [-0.05, 0) is 51.0 Å². The molecule has 9 nitrogen and oxygen atoms in total. The Balaban J connectivity index is 1.79. The maximum absolute atomic E-state index is 17.1. The zero-order valence-corrected chi connectivity index (χ0v) is 25.4. The lowest BCUT2D eigenvalue weighted by Gasteiger charge is -2.49. The summed E-state index contributed by atoms with van der Waals surface area (Å²) < 4.78 is 17.1. The number of hydrogen-bond donors (Lipinski definition) is 4. The number of hydrogen-bond acceptors (Lipinski definition) is 7. The molecule has 0 bridgehead atoms. The van der Waals surface area contributed by atoms with E-state index in [9.17, 15) is 20.4 Å². The van der Waals surface area contributed by atoms with Crippen LogP contribution in [-0.4, -0.2) is 75.5 Å². The topological polar surface area (TPSA) is 116 Å². The average molecular weight is 607 g/mol. The number of amides is 1. The van der Waals surface area contributed by atoms with Crippen molar-refractivity contribution >= 4 is 40.4 Å². The number of anilines is 3. The number of pyridine rings is 1. The molecule has 2 aliphatic heterocycles. The molecule has 226 valence electrons. The minimum Gasteiger partial charge on any atom is -0.507 e. The third-order valence-electron chi connectivity index (χ3n) is 8.31. The van der Waals surface area contributed by atoms with Crippen molar-refractivity contribution in [3.63, 3.8) is 0 Å². The second kappa shape index (κ2) is 11.9. The van der Waals surface area contributed by atoms with Crippen molar-refractivity contribution in [1.82, 2.24) is 14.8 Å². The number of aromatic hydroxyl groups is 1. The van der Waals surface area contributed by atoms with Crippen LogP contribution in [0.25, 0.3) is 11.1 Å². The minimum atomic E-state index is -0.959. The van der Waals surface area contributed by atoms with Crippen LogP contribution >= 0.6 is 11.6 Å². The van der Waals surface area contributed by atoms with Gasteiger partial charge in [0, 0.05) is 50.0 Å². The first kappa shape index (κ1) is 30.3. The quantitative estimate of drug-likeness (QED) is 0.279. The van der Waals surface area contributed by atoms with Gasteiger partial charge in [-0.25, -0.2) is 4.39 Å². The molecule has 0 spiro atoms. The van der Waals surface area contributed by atoms with E-state index in [0.29, 0.717) is 48.7 Å². The number of para-hydroxylation sites is 1. The molecule has 0 radical (unpaired) electrons. The maximum atomic E-state index is 17.1. The van der Waals surface area contributed by atoms with Crippen molar-refractivity contribution in [3.8, 4) is 16.9 Å². The number of phenols is 1. The molecule has 43 heavy (non-hydrogen) atoms. The first-order chi connectivity index (χ1) is 20.5. The lowest BCUT2D eigenvalue weighted by Crippen LogP contribution is -2.61. The van der Waals surface area contributed by atoms with Crippen molar-refractivity contribution < 1.29 is 19.4 Å². The molecule has 5 rings (SSSR count). The molecule has 2 aromatic carbocycles. The number of aliphatic hydroxyl groups excluding tert-OH is 1. The van der Waals surface area contributed by atoms with E-state index >= 15 is 4.39 Å². The van der Waals surface area contributed by atoms with E-state index < -0.39 is 11.9 Å². The smallest absolute Gasteiger partial charge is 0.246 e. The second-order valence-electron chi connectivity index (χ2n) is 11.2. The maximum Gasteiger partial charge on any atom is 0.246 e. The van der Waals surface area contributed by atoms with Crippen LogP contribution in [0.2, 0.25) is 5.02 Å². The van der Waals surface area contributed by atoms with Gasteiger partial charge in [-0.1, -0.05) is 36.4 Å². The number of carbonyl (C=O) groups is 1. The van der Waals surface area contributed by atoms with Crippen LogP contribution < -0.4 is 10.2 Å². The highest BCUT2D eigenvalue weighted by Gasteiger charge is 2.40. The van der Waals surface area contributed by atoms with Crippen molar-refractivity contribution in [2.45, 2.75) is 45.4 Å². The Bertz CT molecular complexity index is 1610. The van der Waals surface area contributed by atoms with Gasteiger partial charge in [0.1, 0.15) is 11.6 Å². The van der Waals surface area contributed by atoms with Crippen molar-refractivity contribution in [2.75, 3.05) is 36.9 Å². The average Bonchev–Trinajstić information content (AvgIpc) is 2.97. The molecule has 3 atom stereocenters. The highest BCUT2D eigenvalue weighted by Crippen LogP contribution is 2.49. The van der Waals surface area contributed by atoms with Gasteiger partial charge in [-0.3, -0.25) is 15.2 Å². The standard InChI is InChI=1S/C32H36ClFN6O3/c1-6-23(43)39-15-18(3)40-20(16-39)12-14-38(5)31-25(32(40)35)30(37-28-17(2)11-13-36-29(28)19(4)41)27(34)24(26(31)33)21-9-7-8-10-22(21)42/h6-11,13,18-20,35,37,41-42H,1,12,14-16H2,2-5H3. The molecule has 1 saturated heterocycles. The van der Waals surface area contributed by atoms with Crippen LogP contribution in [0, 0.1) is 18.2 Å². The van der Waals surface area contributed by atoms with Gasteiger partial charge < -0.3 is 30.2 Å². The Labute approximate surface area is 255 Å². The summed E-state index contributed by atoms with van der Waals surface area (Å²) in [6.45, 7) is 10.2. The Morgan fingerprint density at radius 3 is 2.65 bits per heavy atom. The molecular weight excluding hydrogens is 571 g/mol. The van der Waals surface area contributed by atoms with Gasteiger partial charge in [0.05, 0.1) is 45.5 Å². The van der Waals surface area contributed by atoms with Crippen LogP contribution in [-0.2, 0) is 4.79 Å². The number of aromatic nitrogens is 1. The Morgan fingerprint density at radius 1 is 1.26 bits per heavy atom. The molecule has 3 unspecified atom stereocenters. The Morgan fingerprint density at radius 2 is 1.98 bits per heavy atom. The van der Waals surface area contributed by atoms with Crippen LogP contribution in [0.5, 0.6) is 5.75 Å². The van der Waals surface area contributed by atoms with Gasteiger partial charge in [0.15, 0.2) is 5.82 Å². The zero-order chi connectivity index (χ0) is 31.2. The van der Waals surface area contributed by atoms with E-state index in [2.05, 4.69) is 16.9 Å². The van der Waals surface area contributed by atoms with Gasteiger partial charge in [0.2, 0.25) is 5.91 Å². The largest absolute Gasteiger partial charge is 0.507 e. The van der Waals surface area contributed by atoms with Gasteiger partial charge in [-0.15, -0.1) is 0 Å². The highest BCUT2D eigenvalue weighted by molar-refractivity contribution is 6.38. The van der Waals surface area contributed by atoms with Crippen LogP contribution in [0.3, 0.4) is 0 Å². The lowest BCUT2D eigenvalue weighted by atomic mass is 9.93. The first-order valence-electron chi connectivity index (χ1n) is 14.2. The van der Waals surface area contributed by atoms with Gasteiger partial charge >= 0.3 is 0 Å². The predicted molar refractivity (Wildman–Crippen MR) is 168 cm³/mol. The van der Waals surface area contributed by atoms with E-state index in [1.54, 1.807) is 42.3 Å². The number of aliphatic hydroxyl groups is 1. The Hall–Kier alpha value is -4.15. The van der Waals surface area contributed by atoms with E-state index in [4.69, 9.17) is 11.6 Å². The number of phenolic OH excluding ortho intramolecular Hbond substituents is 1. The van der Waals surface area contributed by atoms with E-state index in [1.807, 2.05) is 30.7 Å². The molecule has 0 saturated carbocycles. The molecule has 1 amide bonds. The monoisotopic (exact) mass is 606 g/mol. The number of rotatable bonds is 5. The minimum absolute atomic E-state index is 0.00706. The third kappa shape index (κ3) is 5.29. The van der Waals surface area contributed by atoms with Crippen molar-refractivity contribution in [1.29, 1.82) is 5.41 Å². The summed E-state index contributed by atoms with van der Waals surface area (Å²) in [7, 11) is 1.83. The summed E-state index contributed by atoms with van der Waals surface area (Å²) in [5.74, 6) is -1.02. The van der Waals surface area contributed by atoms with Crippen LogP contribution in [0.4, 0.5) is 21.5 Å². The van der Waals surface area contributed by atoms with Gasteiger partial charge in [-0.2, -0.15) is 0 Å². The SMILES string of the molecule is C=CC(=O)N1CC(C)N2C(=N)c3c(Nc4c(C)ccnc4C(C)O)c(F)c(-c4ccccc4O)c(Cl)c3N(C)CCC2C1. The summed E-state index contributed by atoms with van der Waals surface area (Å²) in [5, 5.41) is 34.2. The molecule has 0 aliphatic carbocycles. The summed E-state index contributed by atoms with van der Waals surface area (Å²) in [4.78, 5) is 22.5. The fourth-order valence-electron chi connectivity index (χ4n) is 6.20. The highest BCUT2D eigenvalue weighted by atomic mass is 35.5. The van der Waals surface area contributed by atoms with E-state index in [-0.39, 0.29) is 57.0 Å². The number of nitrogens with zero attached hydrogens (tertiary/aromatic N) is 4. The normalized spacial score (nSPS) is 19.2. The fourth-order valence-corrected chi connectivity index (χ4v) is 6.62.